The summed E-state index contributed by atoms with van der Waals surface area (Å²) < 4.78 is 11.6. The van der Waals surface area contributed by atoms with E-state index in [0.717, 1.165) is 12.0 Å². The van der Waals surface area contributed by atoms with Crippen LogP contribution in [0.3, 0.4) is 0 Å². The SMILES string of the molecule is CCCCCCCCCCCCCC=C[C@H]1O[C@@H](c2ccccc2)OC[C@H]1O. The molecule has 2 rings (SSSR count). The fourth-order valence-corrected chi connectivity index (χ4v) is 3.67. The fourth-order valence-electron chi connectivity index (χ4n) is 3.67. The minimum absolute atomic E-state index is 0.285. The van der Waals surface area contributed by atoms with Crippen molar-refractivity contribution in [2.75, 3.05) is 6.61 Å². The maximum Gasteiger partial charge on any atom is 0.184 e. The van der Waals surface area contributed by atoms with Crippen LogP contribution in [0.4, 0.5) is 0 Å². The first-order valence-electron chi connectivity index (χ1n) is 11.5. The lowest BCUT2D eigenvalue weighted by atomic mass is 10.0. The molecule has 0 aromatic heterocycles. The molecular formula is C25H40O3. The first-order valence-corrected chi connectivity index (χ1v) is 11.5. The zero-order valence-corrected chi connectivity index (χ0v) is 17.7. The van der Waals surface area contributed by atoms with Gasteiger partial charge in [-0.05, 0) is 12.8 Å². The van der Waals surface area contributed by atoms with Gasteiger partial charge in [-0.1, -0.05) is 114 Å². The van der Waals surface area contributed by atoms with Crippen molar-refractivity contribution < 1.29 is 14.6 Å². The number of aliphatic hydroxyl groups excluding tert-OH is 1. The van der Waals surface area contributed by atoms with Crippen molar-refractivity contribution in [1.82, 2.24) is 0 Å². The summed E-state index contributed by atoms with van der Waals surface area (Å²) in [5, 5.41) is 10.1. The third kappa shape index (κ3) is 9.36. The van der Waals surface area contributed by atoms with E-state index in [-0.39, 0.29) is 12.4 Å². The van der Waals surface area contributed by atoms with Crippen LogP contribution in [-0.2, 0) is 9.47 Å². The minimum atomic E-state index is -0.589. The zero-order valence-electron chi connectivity index (χ0n) is 17.7. The summed E-state index contributed by atoms with van der Waals surface area (Å²) in [6.45, 7) is 2.59. The molecule has 1 fully saturated rings. The molecule has 0 bridgehead atoms. The molecule has 3 heteroatoms. The molecule has 1 aromatic carbocycles. The highest BCUT2D eigenvalue weighted by molar-refractivity contribution is 5.16. The lowest BCUT2D eigenvalue weighted by molar-refractivity contribution is -0.243. The second-order valence-corrected chi connectivity index (χ2v) is 8.00. The summed E-state index contributed by atoms with van der Waals surface area (Å²) in [4.78, 5) is 0. The smallest absolute Gasteiger partial charge is 0.184 e. The van der Waals surface area contributed by atoms with Crippen molar-refractivity contribution in [3.8, 4) is 0 Å². The van der Waals surface area contributed by atoms with Crippen LogP contribution in [0.15, 0.2) is 42.5 Å². The van der Waals surface area contributed by atoms with Crippen LogP contribution in [0.25, 0.3) is 0 Å². The van der Waals surface area contributed by atoms with E-state index >= 15 is 0 Å². The molecule has 0 spiro atoms. The van der Waals surface area contributed by atoms with Crippen LogP contribution in [0.1, 0.15) is 95.8 Å². The summed E-state index contributed by atoms with van der Waals surface area (Å²) in [7, 11) is 0. The predicted octanol–water partition coefficient (Wildman–Crippen LogP) is 6.72. The quantitative estimate of drug-likeness (QED) is 0.284. The van der Waals surface area contributed by atoms with Gasteiger partial charge in [0.05, 0.1) is 6.61 Å². The number of hydrogen-bond donors (Lipinski definition) is 1. The average molecular weight is 389 g/mol. The first kappa shape index (κ1) is 23.1. The molecule has 0 radical (unpaired) electrons. The van der Waals surface area contributed by atoms with E-state index in [9.17, 15) is 5.11 Å². The molecule has 3 atom stereocenters. The molecule has 0 unspecified atom stereocenters. The van der Waals surface area contributed by atoms with E-state index in [1.807, 2.05) is 36.4 Å². The second-order valence-electron chi connectivity index (χ2n) is 8.00. The van der Waals surface area contributed by atoms with Gasteiger partial charge in [0.25, 0.3) is 0 Å². The van der Waals surface area contributed by atoms with E-state index in [4.69, 9.17) is 9.47 Å². The van der Waals surface area contributed by atoms with E-state index in [1.54, 1.807) is 0 Å². The van der Waals surface area contributed by atoms with Crippen molar-refractivity contribution in [2.45, 2.75) is 102 Å². The molecule has 0 aliphatic carbocycles. The normalized spacial score (nSPS) is 22.7. The van der Waals surface area contributed by atoms with Gasteiger partial charge in [-0.2, -0.15) is 0 Å². The summed E-state index contributed by atoms with van der Waals surface area (Å²) >= 11 is 0. The second kappa shape index (κ2) is 14.8. The molecule has 0 amide bonds. The van der Waals surface area contributed by atoms with E-state index in [0.29, 0.717) is 6.61 Å². The topological polar surface area (TPSA) is 38.7 Å². The highest BCUT2D eigenvalue weighted by Gasteiger charge is 2.29. The fraction of sp³-hybridized carbons (Fsp3) is 0.680. The monoisotopic (exact) mass is 388 g/mol. The molecule has 1 N–H and O–H groups in total. The van der Waals surface area contributed by atoms with Gasteiger partial charge >= 0.3 is 0 Å². The van der Waals surface area contributed by atoms with E-state index in [1.165, 1.54) is 70.6 Å². The Hall–Kier alpha value is -1.16. The molecule has 0 saturated carbocycles. The molecule has 1 aromatic rings. The molecule has 1 saturated heterocycles. The van der Waals surface area contributed by atoms with Crippen LogP contribution in [0.5, 0.6) is 0 Å². The summed E-state index contributed by atoms with van der Waals surface area (Å²) in [6.07, 6.45) is 19.0. The molecule has 3 nitrogen and oxygen atoms in total. The van der Waals surface area contributed by atoms with Gasteiger partial charge in [0, 0.05) is 5.56 Å². The van der Waals surface area contributed by atoms with Gasteiger partial charge in [0.1, 0.15) is 12.2 Å². The number of rotatable bonds is 14. The van der Waals surface area contributed by atoms with E-state index < -0.39 is 6.10 Å². The standard InChI is InChI=1S/C25H40O3/c1-2-3-4-5-6-7-8-9-10-11-12-13-17-20-24-23(26)21-27-25(28-24)22-18-15-14-16-19-22/h14-20,23-26H,2-13,21H2,1H3/t23-,24-,25+/m1/s1. The van der Waals surface area contributed by atoms with Crippen LogP contribution in [0, 0.1) is 0 Å². The van der Waals surface area contributed by atoms with Crippen molar-refractivity contribution in [3.63, 3.8) is 0 Å². The van der Waals surface area contributed by atoms with Gasteiger partial charge in [-0.25, -0.2) is 0 Å². The Bertz CT molecular complexity index is 514. The number of allylic oxidation sites excluding steroid dienone is 1. The van der Waals surface area contributed by atoms with Crippen LogP contribution < -0.4 is 0 Å². The third-order valence-electron chi connectivity index (χ3n) is 5.45. The average Bonchev–Trinajstić information content (AvgIpc) is 2.73. The highest BCUT2D eigenvalue weighted by atomic mass is 16.7. The molecule has 1 aliphatic rings. The Morgan fingerprint density at radius 1 is 0.893 bits per heavy atom. The minimum Gasteiger partial charge on any atom is -0.388 e. The van der Waals surface area contributed by atoms with Crippen molar-refractivity contribution >= 4 is 0 Å². The van der Waals surface area contributed by atoms with Crippen LogP contribution in [0.2, 0.25) is 0 Å². The maximum atomic E-state index is 10.1. The van der Waals surface area contributed by atoms with Crippen molar-refractivity contribution in [2.24, 2.45) is 0 Å². The Balaban J connectivity index is 1.51. The van der Waals surface area contributed by atoms with Crippen LogP contribution >= 0.6 is 0 Å². The number of unbranched alkanes of at least 4 members (excludes halogenated alkanes) is 11. The van der Waals surface area contributed by atoms with Gasteiger partial charge in [-0.15, -0.1) is 0 Å². The Morgan fingerprint density at radius 3 is 2.14 bits per heavy atom. The van der Waals surface area contributed by atoms with Gasteiger partial charge in [0.2, 0.25) is 0 Å². The molecule has 158 valence electrons. The predicted molar refractivity (Wildman–Crippen MR) is 116 cm³/mol. The number of benzene rings is 1. The Labute approximate surface area is 172 Å². The highest BCUT2D eigenvalue weighted by Crippen LogP contribution is 2.27. The molecular weight excluding hydrogens is 348 g/mol. The zero-order chi connectivity index (χ0) is 19.9. The van der Waals surface area contributed by atoms with Crippen molar-refractivity contribution in [1.29, 1.82) is 0 Å². The number of hydrogen-bond acceptors (Lipinski definition) is 3. The van der Waals surface area contributed by atoms with Crippen molar-refractivity contribution in [3.05, 3.63) is 48.0 Å². The maximum absolute atomic E-state index is 10.1. The van der Waals surface area contributed by atoms with Crippen LogP contribution in [-0.4, -0.2) is 23.9 Å². The van der Waals surface area contributed by atoms with Gasteiger partial charge in [-0.3, -0.25) is 0 Å². The summed E-state index contributed by atoms with van der Waals surface area (Å²) in [6, 6.07) is 9.92. The Kier molecular flexibility index (Phi) is 12.2. The molecule has 1 heterocycles. The summed E-state index contributed by atoms with van der Waals surface area (Å²) in [5.74, 6) is 0. The largest absolute Gasteiger partial charge is 0.388 e. The lowest BCUT2D eigenvalue weighted by Gasteiger charge is -2.32. The van der Waals surface area contributed by atoms with E-state index in [2.05, 4.69) is 13.0 Å². The van der Waals surface area contributed by atoms with Gasteiger partial charge < -0.3 is 14.6 Å². The number of ether oxygens (including phenoxy) is 2. The third-order valence-corrected chi connectivity index (χ3v) is 5.45. The van der Waals surface area contributed by atoms with Gasteiger partial charge in [0.15, 0.2) is 6.29 Å². The number of aliphatic hydroxyl groups is 1. The molecule has 28 heavy (non-hydrogen) atoms. The first-order chi connectivity index (χ1) is 13.8. The molecule has 1 aliphatic heterocycles. The lowest BCUT2D eigenvalue weighted by Crippen LogP contribution is -2.39. The summed E-state index contributed by atoms with van der Waals surface area (Å²) in [5.41, 5.74) is 0.998. The Morgan fingerprint density at radius 2 is 1.50 bits per heavy atom.